The number of hydrogen-bond donors (Lipinski definition) is 1. The van der Waals surface area contributed by atoms with Crippen LogP contribution in [0.4, 0.5) is 4.39 Å². The Hall–Kier alpha value is -4.39. The highest BCUT2D eigenvalue weighted by atomic mass is 35.5. The molecule has 0 fully saturated rings. The summed E-state index contributed by atoms with van der Waals surface area (Å²) >= 11 is 12.6. The van der Waals surface area contributed by atoms with Gasteiger partial charge in [-0.2, -0.15) is 0 Å². The fourth-order valence-corrected chi connectivity index (χ4v) is 4.95. The quantitative estimate of drug-likeness (QED) is 0.173. The smallest absolute Gasteiger partial charge is 0.335 e. The zero-order valence-electron chi connectivity index (χ0n) is 22.7. The van der Waals surface area contributed by atoms with E-state index in [0.717, 1.165) is 28.7 Å². The number of carboxylic acids is 1. The van der Waals surface area contributed by atoms with E-state index in [-0.39, 0.29) is 11.4 Å². The Bertz CT molecular complexity index is 1750. The number of aromatic carboxylic acids is 1. The maximum absolute atomic E-state index is 14.6. The van der Waals surface area contributed by atoms with Crippen molar-refractivity contribution in [1.29, 1.82) is 0 Å². The molecule has 0 spiro atoms. The van der Waals surface area contributed by atoms with E-state index in [2.05, 4.69) is 0 Å². The van der Waals surface area contributed by atoms with Gasteiger partial charge >= 0.3 is 5.97 Å². The average molecular weight is 602 g/mol. The minimum Gasteiger partial charge on any atom is -0.494 e. The first-order valence-corrected chi connectivity index (χ1v) is 14.1. The third kappa shape index (κ3) is 6.90. The van der Waals surface area contributed by atoms with Crippen molar-refractivity contribution in [2.24, 2.45) is 0 Å². The molecule has 1 aromatic heterocycles. The van der Waals surface area contributed by atoms with E-state index in [1.165, 1.54) is 6.07 Å². The van der Waals surface area contributed by atoms with Gasteiger partial charge in [-0.15, -0.1) is 0 Å². The normalized spacial score (nSPS) is 11.2. The number of carbonyl (C=O) groups is 1. The van der Waals surface area contributed by atoms with Gasteiger partial charge in [-0.1, -0.05) is 72.6 Å². The predicted molar refractivity (Wildman–Crippen MR) is 167 cm³/mol. The molecule has 0 aliphatic heterocycles. The van der Waals surface area contributed by atoms with E-state index in [4.69, 9.17) is 32.9 Å². The molecule has 0 aliphatic rings. The average Bonchev–Trinajstić information content (AvgIpc) is 3.38. The van der Waals surface area contributed by atoms with E-state index in [0.29, 0.717) is 46.0 Å². The fourth-order valence-electron chi connectivity index (χ4n) is 4.45. The summed E-state index contributed by atoms with van der Waals surface area (Å²) in [7, 11) is 0. The second-order valence-corrected chi connectivity index (χ2v) is 10.5. The Morgan fingerprint density at radius 3 is 2.40 bits per heavy atom. The van der Waals surface area contributed by atoms with Crippen LogP contribution in [0, 0.1) is 5.82 Å². The lowest BCUT2D eigenvalue weighted by Crippen LogP contribution is -2.02. The van der Waals surface area contributed by atoms with Crippen molar-refractivity contribution in [2.45, 2.75) is 19.9 Å². The molecular weight excluding hydrogens is 574 g/mol. The van der Waals surface area contributed by atoms with Crippen LogP contribution in [-0.2, 0) is 6.54 Å². The molecule has 8 heteroatoms. The van der Waals surface area contributed by atoms with Crippen molar-refractivity contribution in [3.05, 3.63) is 130 Å². The summed E-state index contributed by atoms with van der Waals surface area (Å²) < 4.78 is 22.2. The van der Waals surface area contributed by atoms with Crippen molar-refractivity contribution < 1.29 is 19.0 Å². The second kappa shape index (κ2) is 13.1. The van der Waals surface area contributed by atoms with Gasteiger partial charge in [0, 0.05) is 28.9 Å². The van der Waals surface area contributed by atoms with E-state index < -0.39 is 5.97 Å². The number of aromatic nitrogens is 2. The highest BCUT2D eigenvalue weighted by Gasteiger charge is 2.13. The van der Waals surface area contributed by atoms with Crippen molar-refractivity contribution >= 4 is 41.3 Å². The van der Waals surface area contributed by atoms with E-state index in [9.17, 15) is 14.3 Å². The number of hydrogen-bond acceptors (Lipinski definition) is 3. The van der Waals surface area contributed by atoms with Crippen LogP contribution in [0.5, 0.6) is 5.75 Å². The molecule has 0 saturated heterocycles. The van der Waals surface area contributed by atoms with Gasteiger partial charge in [0.05, 0.1) is 22.9 Å². The second-order valence-electron chi connectivity index (χ2n) is 9.68. The van der Waals surface area contributed by atoms with Crippen LogP contribution in [0.15, 0.2) is 91.1 Å². The molecular formula is C34H27Cl2FN2O3. The summed E-state index contributed by atoms with van der Waals surface area (Å²) in [5, 5.41) is 10.3. The molecule has 5 aromatic rings. The number of imidazole rings is 1. The van der Waals surface area contributed by atoms with Gasteiger partial charge in [-0.05, 0) is 77.7 Å². The molecule has 5 rings (SSSR count). The Kier molecular flexibility index (Phi) is 9.06. The Morgan fingerprint density at radius 1 is 0.952 bits per heavy atom. The van der Waals surface area contributed by atoms with E-state index in [1.807, 2.05) is 60.2 Å². The highest BCUT2D eigenvalue weighted by Crippen LogP contribution is 2.31. The maximum Gasteiger partial charge on any atom is 0.335 e. The van der Waals surface area contributed by atoms with Crippen LogP contribution in [0.1, 0.15) is 40.7 Å². The molecule has 0 bridgehead atoms. The lowest BCUT2D eigenvalue weighted by atomic mass is 10.0. The minimum atomic E-state index is -0.973. The number of carboxylic acid groups (broad SMARTS) is 1. The molecule has 0 atom stereocenters. The molecule has 5 nitrogen and oxygen atoms in total. The topological polar surface area (TPSA) is 64.4 Å². The first kappa shape index (κ1) is 29.1. The summed E-state index contributed by atoms with van der Waals surface area (Å²) in [6, 6.07) is 24.4. The lowest BCUT2D eigenvalue weighted by molar-refractivity contribution is 0.0697. The Morgan fingerprint density at radius 2 is 1.71 bits per heavy atom. The summed E-state index contributed by atoms with van der Waals surface area (Å²) in [5.41, 5.74) is 4.69. The first-order valence-electron chi connectivity index (χ1n) is 13.4. The van der Waals surface area contributed by atoms with Gasteiger partial charge in [0.15, 0.2) is 0 Å². The van der Waals surface area contributed by atoms with Crippen molar-refractivity contribution in [1.82, 2.24) is 9.55 Å². The van der Waals surface area contributed by atoms with Crippen LogP contribution in [0.25, 0.3) is 34.5 Å². The zero-order valence-corrected chi connectivity index (χ0v) is 24.2. The summed E-state index contributed by atoms with van der Waals surface area (Å²) in [6.45, 7) is 3.06. The molecule has 0 unspecified atom stereocenters. The molecule has 42 heavy (non-hydrogen) atoms. The van der Waals surface area contributed by atoms with Crippen LogP contribution >= 0.6 is 23.2 Å². The van der Waals surface area contributed by atoms with E-state index in [1.54, 1.807) is 48.5 Å². The summed E-state index contributed by atoms with van der Waals surface area (Å²) in [6.07, 6.45) is 6.60. The number of nitrogens with zero attached hydrogens (tertiary/aromatic N) is 2. The Labute approximate surface area is 253 Å². The van der Waals surface area contributed by atoms with Crippen LogP contribution < -0.4 is 4.74 Å². The van der Waals surface area contributed by atoms with Crippen molar-refractivity contribution in [2.75, 3.05) is 6.61 Å². The van der Waals surface area contributed by atoms with Crippen LogP contribution in [0.2, 0.25) is 10.0 Å². The number of ether oxygens (including phenoxy) is 1. The standard InChI is InChI=1S/C34H27Cl2FN2O3/c1-2-17-42-27-13-15-31(37)29(19-27)24-8-3-22(4-9-24)7-16-33-38-32(28-14-12-26(35)18-30(28)36)21-39(33)20-23-5-10-25(11-6-23)34(40)41/h3-16,18-19,21H,2,17,20H2,1H3,(H,40,41)/b16-7+. The van der Waals surface area contributed by atoms with Gasteiger partial charge in [0.1, 0.15) is 17.4 Å². The number of halogens is 3. The third-order valence-corrected chi connectivity index (χ3v) is 7.17. The zero-order chi connectivity index (χ0) is 29.6. The van der Waals surface area contributed by atoms with Gasteiger partial charge in [0.25, 0.3) is 0 Å². The van der Waals surface area contributed by atoms with Gasteiger partial charge in [0.2, 0.25) is 0 Å². The van der Waals surface area contributed by atoms with Crippen LogP contribution in [-0.4, -0.2) is 27.2 Å². The predicted octanol–water partition coefficient (Wildman–Crippen LogP) is 9.37. The van der Waals surface area contributed by atoms with Gasteiger partial charge in [-0.25, -0.2) is 14.2 Å². The number of benzene rings is 4. The van der Waals surface area contributed by atoms with Crippen molar-refractivity contribution in [3.63, 3.8) is 0 Å². The summed E-state index contributed by atoms with van der Waals surface area (Å²) in [4.78, 5) is 16.1. The highest BCUT2D eigenvalue weighted by molar-refractivity contribution is 6.36. The SMILES string of the molecule is CCCOc1ccc(F)c(-c2ccc(/C=C/c3nc(-c4ccc(Cl)cc4Cl)cn3Cc3ccc(C(=O)O)cc3)cc2)c1. The summed E-state index contributed by atoms with van der Waals surface area (Å²) in [5.74, 6) is 0.0279. The molecule has 0 saturated carbocycles. The first-order chi connectivity index (χ1) is 20.3. The van der Waals surface area contributed by atoms with Crippen LogP contribution in [0.3, 0.4) is 0 Å². The molecule has 0 amide bonds. The van der Waals surface area contributed by atoms with Gasteiger partial charge in [-0.3, -0.25) is 0 Å². The minimum absolute atomic E-state index is 0.224. The number of rotatable bonds is 10. The van der Waals surface area contributed by atoms with E-state index >= 15 is 0 Å². The molecule has 4 aromatic carbocycles. The van der Waals surface area contributed by atoms with Gasteiger partial charge < -0.3 is 14.4 Å². The van der Waals surface area contributed by atoms with Crippen molar-refractivity contribution in [3.8, 4) is 28.1 Å². The molecule has 0 radical (unpaired) electrons. The Balaban J connectivity index is 1.43. The molecule has 1 heterocycles. The maximum atomic E-state index is 14.6. The molecule has 1 N–H and O–H groups in total. The fraction of sp³-hybridized carbons (Fsp3) is 0.118. The largest absolute Gasteiger partial charge is 0.494 e. The molecule has 212 valence electrons. The third-order valence-electron chi connectivity index (χ3n) is 6.63. The lowest BCUT2D eigenvalue weighted by Gasteiger charge is -2.09. The monoisotopic (exact) mass is 600 g/mol. The molecule has 0 aliphatic carbocycles.